The van der Waals surface area contributed by atoms with Crippen LogP contribution in [0.3, 0.4) is 0 Å². The van der Waals surface area contributed by atoms with E-state index in [4.69, 9.17) is 0 Å². The van der Waals surface area contributed by atoms with Gasteiger partial charge in [0.1, 0.15) is 0 Å². The summed E-state index contributed by atoms with van der Waals surface area (Å²) in [5.74, 6) is 0. The number of rotatable bonds is 6. The Morgan fingerprint density at radius 3 is 2.00 bits per heavy atom. The number of fused-ring (bicyclic) bond motifs is 2. The van der Waals surface area contributed by atoms with Crippen molar-refractivity contribution in [1.82, 2.24) is 0 Å². The van der Waals surface area contributed by atoms with Crippen LogP contribution < -0.4 is 0 Å². The summed E-state index contributed by atoms with van der Waals surface area (Å²) in [4.78, 5) is 0. The van der Waals surface area contributed by atoms with Crippen LogP contribution in [0.25, 0.3) is 6.08 Å². The average Bonchev–Trinajstić information content (AvgIpc) is 3.42. The summed E-state index contributed by atoms with van der Waals surface area (Å²) < 4.78 is 0.516. The molecule has 3 aliphatic carbocycles. The summed E-state index contributed by atoms with van der Waals surface area (Å²) in [6.07, 6.45) is 11.4. The second kappa shape index (κ2) is 8.58. The van der Waals surface area contributed by atoms with Crippen molar-refractivity contribution in [2.45, 2.75) is 86.9 Å². The van der Waals surface area contributed by atoms with Crippen LogP contribution in [0.15, 0.2) is 70.8 Å². The number of benzene rings is 2. The fraction of sp³-hybridized carbons (Fsp3) is 0.455. The predicted octanol–water partition coefficient (Wildman–Crippen LogP) is 9.00. The zero-order valence-electron chi connectivity index (χ0n) is 22.2. The van der Waals surface area contributed by atoms with Crippen LogP contribution in [0, 0.1) is 5.41 Å². The maximum atomic E-state index is 2.68. The van der Waals surface area contributed by atoms with Gasteiger partial charge in [-0.25, -0.2) is 0 Å². The molecule has 0 amide bonds. The van der Waals surface area contributed by atoms with Crippen LogP contribution in [-0.2, 0) is 45.3 Å². The van der Waals surface area contributed by atoms with Gasteiger partial charge in [0.2, 0.25) is 0 Å². The molecule has 0 radical (unpaired) electrons. The molecule has 0 saturated carbocycles. The van der Waals surface area contributed by atoms with Gasteiger partial charge >= 0.3 is 220 Å². The first-order valence-corrected chi connectivity index (χ1v) is 16.8. The van der Waals surface area contributed by atoms with E-state index in [1.807, 2.05) is 0 Å². The van der Waals surface area contributed by atoms with Crippen molar-refractivity contribution < 1.29 is 22.9 Å². The van der Waals surface area contributed by atoms with Crippen LogP contribution in [-0.4, -0.2) is 0 Å². The maximum absolute atomic E-state index is 2.68. The topological polar surface area (TPSA) is 0 Å². The van der Waals surface area contributed by atoms with Crippen molar-refractivity contribution >= 4 is 6.08 Å². The van der Waals surface area contributed by atoms with E-state index in [9.17, 15) is 0 Å². The fourth-order valence-electron chi connectivity index (χ4n) is 6.96. The van der Waals surface area contributed by atoms with Gasteiger partial charge in [-0.05, 0) is 0 Å². The summed E-state index contributed by atoms with van der Waals surface area (Å²) in [7, 11) is 0. The molecule has 2 aromatic rings. The van der Waals surface area contributed by atoms with E-state index in [0.717, 1.165) is 6.42 Å². The summed E-state index contributed by atoms with van der Waals surface area (Å²) in [6.45, 7) is 16.9. The van der Waals surface area contributed by atoms with Crippen molar-refractivity contribution in [3.63, 3.8) is 0 Å². The molecule has 1 heteroatoms. The zero-order chi connectivity index (χ0) is 24.3. The molecule has 1 atom stereocenters. The normalized spacial score (nSPS) is 24.1. The van der Waals surface area contributed by atoms with Crippen LogP contribution in [0.4, 0.5) is 0 Å². The molecule has 0 aromatic heterocycles. The van der Waals surface area contributed by atoms with Gasteiger partial charge in [-0.3, -0.25) is 0 Å². The molecule has 0 nitrogen and oxygen atoms in total. The van der Waals surface area contributed by atoms with E-state index >= 15 is 0 Å². The third kappa shape index (κ3) is 3.64. The Hall–Kier alpha value is -1.47. The fourth-order valence-corrected chi connectivity index (χ4v) is 15.8. The molecular formula is C33H40Hf. The third-order valence-electron chi connectivity index (χ3n) is 10.0. The Kier molecular flexibility index (Phi) is 6.11. The van der Waals surface area contributed by atoms with E-state index in [1.54, 1.807) is 39.0 Å². The van der Waals surface area contributed by atoms with E-state index in [0.29, 0.717) is 8.59 Å². The SMILES string of the molecule is CCC1(CC)Cc2cc3c(cc2C1)[C](Cc1ccccc1)([Hf][C]1(C)C(C)=C(C)C(C)=C1C)C=C3. The molecular weight excluding hydrogens is 575 g/mol. The molecule has 5 rings (SSSR count). The summed E-state index contributed by atoms with van der Waals surface area (Å²) in [5, 5.41) is 0. The van der Waals surface area contributed by atoms with E-state index in [2.05, 4.69) is 103 Å². The van der Waals surface area contributed by atoms with E-state index < -0.39 is 22.9 Å². The monoisotopic (exact) mass is 616 g/mol. The molecule has 2 aromatic carbocycles. The van der Waals surface area contributed by atoms with Gasteiger partial charge in [0.05, 0.1) is 0 Å². The summed E-state index contributed by atoms with van der Waals surface area (Å²) >= 11 is -1.30. The molecule has 176 valence electrons. The van der Waals surface area contributed by atoms with E-state index in [1.165, 1.54) is 36.8 Å². The Morgan fingerprint density at radius 2 is 1.41 bits per heavy atom. The van der Waals surface area contributed by atoms with Crippen molar-refractivity contribution in [2.24, 2.45) is 5.41 Å². The molecule has 1 unspecified atom stereocenters. The molecule has 0 fully saturated rings. The Labute approximate surface area is 219 Å². The van der Waals surface area contributed by atoms with Gasteiger partial charge in [0.15, 0.2) is 0 Å². The van der Waals surface area contributed by atoms with Crippen molar-refractivity contribution in [1.29, 1.82) is 0 Å². The molecule has 0 saturated heterocycles. The molecule has 0 heterocycles. The molecule has 3 aliphatic rings. The third-order valence-corrected chi connectivity index (χ3v) is 18.3. The van der Waals surface area contributed by atoms with Gasteiger partial charge in [0, 0.05) is 0 Å². The average molecular weight is 615 g/mol. The standard InChI is InChI=1S/C23H25.C10H15.Hf/c1-3-23(4-2)15-20-13-19-11-10-18(22(19)14-21(20)16-23)12-17-8-6-5-7-9-17;1-6-7(2)9(4)10(5)8(6)3;/h5-11,13-14H,3-4,12,15-16H2,1-2H3;1-5H3;. The van der Waals surface area contributed by atoms with E-state index in [-0.39, 0.29) is 3.17 Å². The van der Waals surface area contributed by atoms with Gasteiger partial charge in [-0.15, -0.1) is 0 Å². The number of allylic oxidation sites excluding steroid dienone is 5. The first-order chi connectivity index (χ1) is 16.2. The second-order valence-corrected chi connectivity index (χ2v) is 19.2. The molecule has 0 aliphatic heterocycles. The number of hydrogen-bond donors (Lipinski definition) is 0. The van der Waals surface area contributed by atoms with Crippen molar-refractivity contribution in [3.05, 3.63) is 98.7 Å². The Bertz CT molecular complexity index is 1190. The molecule has 0 N–H and O–H groups in total. The zero-order valence-corrected chi connectivity index (χ0v) is 25.8. The summed E-state index contributed by atoms with van der Waals surface area (Å²) in [5.41, 5.74) is 14.8. The molecule has 0 bridgehead atoms. The van der Waals surface area contributed by atoms with Crippen molar-refractivity contribution in [2.75, 3.05) is 0 Å². The van der Waals surface area contributed by atoms with Crippen molar-refractivity contribution in [3.8, 4) is 0 Å². The van der Waals surface area contributed by atoms with Gasteiger partial charge in [-0.2, -0.15) is 0 Å². The number of hydrogen-bond acceptors (Lipinski definition) is 0. The first kappa shape index (κ1) is 24.2. The van der Waals surface area contributed by atoms with Crippen LogP contribution in [0.2, 0.25) is 3.17 Å². The van der Waals surface area contributed by atoms with Crippen LogP contribution in [0.5, 0.6) is 0 Å². The van der Waals surface area contributed by atoms with Crippen LogP contribution >= 0.6 is 0 Å². The molecule has 0 spiro atoms. The second-order valence-electron chi connectivity index (χ2n) is 11.5. The molecule has 34 heavy (non-hydrogen) atoms. The summed E-state index contributed by atoms with van der Waals surface area (Å²) in [6, 6.07) is 16.6. The quantitative estimate of drug-likeness (QED) is 0.285. The van der Waals surface area contributed by atoms with Gasteiger partial charge < -0.3 is 0 Å². The first-order valence-electron chi connectivity index (χ1n) is 13.2. The minimum atomic E-state index is -1.30. The predicted molar refractivity (Wildman–Crippen MR) is 143 cm³/mol. The minimum absolute atomic E-state index is 0.220. The Balaban J connectivity index is 1.63. The van der Waals surface area contributed by atoms with Gasteiger partial charge in [0.25, 0.3) is 0 Å². The Morgan fingerprint density at radius 1 is 0.824 bits per heavy atom. The van der Waals surface area contributed by atoms with Gasteiger partial charge in [-0.1, -0.05) is 0 Å². The van der Waals surface area contributed by atoms with Crippen LogP contribution in [0.1, 0.15) is 89.1 Å².